The zero-order valence-corrected chi connectivity index (χ0v) is 15.3. The molecule has 0 unspecified atom stereocenters. The maximum atomic E-state index is 8.74. The van der Waals surface area contributed by atoms with Crippen LogP contribution in [-0.4, -0.2) is 54.3 Å². The van der Waals surface area contributed by atoms with Gasteiger partial charge in [0.2, 0.25) is 5.95 Å². The Hall–Kier alpha value is -2.01. The van der Waals surface area contributed by atoms with Gasteiger partial charge in [-0.1, -0.05) is 0 Å². The average Bonchev–Trinajstić information content (AvgIpc) is 2.86. The van der Waals surface area contributed by atoms with Crippen LogP contribution in [0.3, 0.4) is 0 Å². The molecule has 1 saturated heterocycles. The van der Waals surface area contributed by atoms with E-state index in [2.05, 4.69) is 33.3 Å². The SMILES string of the molecule is C=C.COC(C)(C)C.N#Cc1ccnc(N2CCCNCC2)n1.O. The average molecular weight is 337 g/mol. The van der Waals surface area contributed by atoms with E-state index in [-0.39, 0.29) is 11.1 Å². The molecule has 1 fully saturated rings. The number of methoxy groups -OCH3 is 1. The van der Waals surface area contributed by atoms with Crippen LogP contribution in [0.1, 0.15) is 32.9 Å². The van der Waals surface area contributed by atoms with E-state index in [0.29, 0.717) is 11.6 Å². The molecule has 0 bridgehead atoms. The molecule has 0 aliphatic carbocycles. The Morgan fingerprint density at radius 2 is 1.92 bits per heavy atom. The highest BCUT2D eigenvalue weighted by atomic mass is 16.5. The van der Waals surface area contributed by atoms with E-state index in [0.717, 1.165) is 32.6 Å². The van der Waals surface area contributed by atoms with E-state index in [4.69, 9.17) is 10.00 Å². The Morgan fingerprint density at radius 1 is 1.29 bits per heavy atom. The van der Waals surface area contributed by atoms with Gasteiger partial charge in [0.15, 0.2) is 0 Å². The Labute approximate surface area is 145 Å². The molecular weight excluding hydrogens is 306 g/mol. The predicted molar refractivity (Wildman–Crippen MR) is 98.1 cm³/mol. The molecule has 7 nitrogen and oxygen atoms in total. The monoisotopic (exact) mass is 337 g/mol. The van der Waals surface area contributed by atoms with Gasteiger partial charge in [-0.15, -0.1) is 13.2 Å². The summed E-state index contributed by atoms with van der Waals surface area (Å²) in [6.45, 7) is 15.9. The molecular formula is C17H31N5O2. The second kappa shape index (κ2) is 13.4. The summed E-state index contributed by atoms with van der Waals surface area (Å²) in [5.74, 6) is 0.665. The number of nitriles is 1. The molecule has 0 amide bonds. The van der Waals surface area contributed by atoms with Gasteiger partial charge in [0.25, 0.3) is 0 Å². The van der Waals surface area contributed by atoms with Crippen LogP contribution in [0.4, 0.5) is 5.95 Å². The fourth-order valence-electron chi connectivity index (χ4n) is 1.61. The molecule has 1 aliphatic heterocycles. The van der Waals surface area contributed by atoms with Gasteiger partial charge < -0.3 is 20.4 Å². The maximum Gasteiger partial charge on any atom is 0.226 e. The second-order valence-electron chi connectivity index (χ2n) is 5.76. The normalized spacial score (nSPS) is 13.7. The minimum Gasteiger partial charge on any atom is -0.412 e. The molecule has 136 valence electrons. The molecule has 0 aromatic carbocycles. The van der Waals surface area contributed by atoms with Crippen molar-refractivity contribution in [2.24, 2.45) is 0 Å². The first-order chi connectivity index (χ1) is 11.0. The van der Waals surface area contributed by atoms with E-state index in [9.17, 15) is 0 Å². The molecule has 1 aliphatic rings. The van der Waals surface area contributed by atoms with Gasteiger partial charge in [0.1, 0.15) is 11.8 Å². The third-order valence-corrected chi connectivity index (χ3v) is 2.99. The summed E-state index contributed by atoms with van der Waals surface area (Å²) in [7, 11) is 1.71. The van der Waals surface area contributed by atoms with Gasteiger partial charge in [-0.05, 0) is 39.8 Å². The molecule has 0 saturated carbocycles. The van der Waals surface area contributed by atoms with Crippen molar-refractivity contribution < 1.29 is 10.2 Å². The summed E-state index contributed by atoms with van der Waals surface area (Å²) in [6.07, 6.45) is 2.72. The Bertz CT molecular complexity index is 475. The summed E-state index contributed by atoms with van der Waals surface area (Å²) in [4.78, 5) is 10.5. The number of rotatable bonds is 1. The summed E-state index contributed by atoms with van der Waals surface area (Å²) in [6, 6.07) is 3.65. The fourth-order valence-corrected chi connectivity index (χ4v) is 1.61. The first-order valence-electron chi connectivity index (χ1n) is 7.70. The molecule has 0 radical (unpaired) electrons. The first-order valence-corrected chi connectivity index (χ1v) is 7.70. The number of hydrogen-bond acceptors (Lipinski definition) is 6. The second-order valence-corrected chi connectivity index (χ2v) is 5.76. The number of hydrogen-bond donors (Lipinski definition) is 1. The Morgan fingerprint density at radius 3 is 2.46 bits per heavy atom. The van der Waals surface area contributed by atoms with Gasteiger partial charge in [0.05, 0.1) is 5.60 Å². The van der Waals surface area contributed by atoms with Crippen LogP contribution in [0.25, 0.3) is 0 Å². The fraction of sp³-hybridized carbons (Fsp3) is 0.588. The van der Waals surface area contributed by atoms with Crippen molar-refractivity contribution >= 4 is 5.95 Å². The summed E-state index contributed by atoms with van der Waals surface area (Å²) in [5.41, 5.74) is 0.470. The molecule has 0 spiro atoms. The van der Waals surface area contributed by atoms with Crippen LogP contribution < -0.4 is 10.2 Å². The van der Waals surface area contributed by atoms with Crippen molar-refractivity contribution in [1.82, 2.24) is 15.3 Å². The quantitative estimate of drug-likeness (QED) is 0.780. The summed E-state index contributed by atoms with van der Waals surface area (Å²) < 4.78 is 4.94. The third kappa shape index (κ3) is 10.7. The minimum absolute atomic E-state index is 0. The van der Waals surface area contributed by atoms with E-state index in [1.165, 1.54) is 0 Å². The van der Waals surface area contributed by atoms with Crippen molar-refractivity contribution in [1.29, 1.82) is 5.26 Å². The van der Waals surface area contributed by atoms with Crippen LogP contribution in [0, 0.1) is 11.3 Å². The molecule has 7 heteroatoms. The van der Waals surface area contributed by atoms with Crippen LogP contribution in [0.5, 0.6) is 0 Å². The molecule has 24 heavy (non-hydrogen) atoms. The first kappa shape index (κ1) is 24.2. The number of anilines is 1. The van der Waals surface area contributed by atoms with Gasteiger partial charge in [-0.25, -0.2) is 9.97 Å². The van der Waals surface area contributed by atoms with Crippen LogP contribution >= 0.6 is 0 Å². The number of nitrogens with one attached hydrogen (secondary N) is 1. The van der Waals surface area contributed by atoms with E-state index < -0.39 is 0 Å². The Kier molecular flexibility index (Phi) is 13.6. The molecule has 3 N–H and O–H groups in total. The third-order valence-electron chi connectivity index (χ3n) is 2.99. The lowest BCUT2D eigenvalue weighted by Crippen LogP contribution is -2.29. The van der Waals surface area contributed by atoms with Gasteiger partial charge in [-0.2, -0.15) is 5.26 Å². The lowest BCUT2D eigenvalue weighted by Gasteiger charge is -2.19. The highest BCUT2D eigenvalue weighted by Gasteiger charge is 2.11. The highest BCUT2D eigenvalue weighted by Crippen LogP contribution is 2.08. The van der Waals surface area contributed by atoms with Crippen molar-refractivity contribution in [2.75, 3.05) is 38.2 Å². The lowest BCUT2D eigenvalue weighted by molar-refractivity contribution is 0.0397. The van der Waals surface area contributed by atoms with Crippen LogP contribution in [0.15, 0.2) is 25.4 Å². The molecule has 1 aromatic rings. The van der Waals surface area contributed by atoms with Gasteiger partial charge >= 0.3 is 0 Å². The molecule has 2 rings (SSSR count). The lowest BCUT2D eigenvalue weighted by atomic mass is 10.2. The van der Waals surface area contributed by atoms with E-state index in [1.807, 2.05) is 26.8 Å². The molecule has 1 aromatic heterocycles. The number of aromatic nitrogens is 2. The van der Waals surface area contributed by atoms with Crippen molar-refractivity contribution in [2.45, 2.75) is 32.8 Å². The maximum absolute atomic E-state index is 8.74. The molecule has 0 atom stereocenters. The predicted octanol–water partition coefficient (Wildman–Crippen LogP) is 1.56. The minimum atomic E-state index is 0. The largest absolute Gasteiger partial charge is 0.412 e. The number of nitrogens with zero attached hydrogens (tertiary/aromatic N) is 4. The van der Waals surface area contributed by atoms with E-state index >= 15 is 0 Å². The standard InChI is InChI=1S/C10H13N5.C5H12O.C2H4.H2O/c11-8-9-2-4-13-10(14-9)15-6-1-3-12-5-7-15;1-5(2,3)6-4;1-2;/h2,4,12H,1,3,5-7H2;1-4H3;1-2H2;1H2. The molecule has 2 heterocycles. The van der Waals surface area contributed by atoms with Crippen LogP contribution in [0.2, 0.25) is 0 Å². The highest BCUT2D eigenvalue weighted by molar-refractivity contribution is 5.33. The zero-order valence-electron chi connectivity index (χ0n) is 15.3. The van der Waals surface area contributed by atoms with Crippen molar-refractivity contribution in [3.8, 4) is 6.07 Å². The smallest absolute Gasteiger partial charge is 0.226 e. The van der Waals surface area contributed by atoms with Gasteiger partial charge in [-0.3, -0.25) is 0 Å². The number of ether oxygens (including phenoxy) is 1. The summed E-state index contributed by atoms with van der Waals surface area (Å²) in [5, 5.41) is 12.1. The van der Waals surface area contributed by atoms with Gasteiger partial charge in [0, 0.05) is 32.9 Å². The Balaban J connectivity index is 0. The topological polar surface area (TPSA) is 106 Å². The van der Waals surface area contributed by atoms with Crippen molar-refractivity contribution in [3.05, 3.63) is 31.1 Å². The van der Waals surface area contributed by atoms with E-state index in [1.54, 1.807) is 19.4 Å². The summed E-state index contributed by atoms with van der Waals surface area (Å²) >= 11 is 0. The van der Waals surface area contributed by atoms with Crippen molar-refractivity contribution in [3.63, 3.8) is 0 Å². The zero-order chi connectivity index (χ0) is 17.7. The van der Waals surface area contributed by atoms with Crippen LogP contribution in [-0.2, 0) is 4.74 Å².